The summed E-state index contributed by atoms with van der Waals surface area (Å²) in [4.78, 5) is 285. The molecule has 18 amide bonds. The van der Waals surface area contributed by atoms with Crippen molar-refractivity contribution >= 4 is 136 Å². The Hall–Kier alpha value is -13.4. The largest absolute Gasteiger partial charge is 0.481 e. The Morgan fingerprint density at radius 3 is 1.20 bits per heavy atom. The zero-order valence-electron chi connectivity index (χ0n) is 69.9. The smallest absolute Gasteiger partial charge is 0.326 e. The Labute approximate surface area is 707 Å². The van der Waals surface area contributed by atoms with Crippen LogP contribution < -0.4 is 125 Å². The molecule has 51 nitrogen and oxygen atoms in total. The van der Waals surface area contributed by atoms with Crippen LogP contribution in [0.4, 0.5) is 0 Å². The fraction of sp³-hybridized carbons (Fsp3) is 0.639. The molecule has 123 heavy (non-hydrogen) atoms. The van der Waals surface area contributed by atoms with Crippen molar-refractivity contribution in [2.24, 2.45) is 58.1 Å². The summed E-state index contributed by atoms with van der Waals surface area (Å²) in [5.41, 5.74) is 32.2. The number of nitrogens with two attached hydrogens (primary N) is 6. The number of nitrogens with zero attached hydrogens (tertiary/aromatic N) is 1. The van der Waals surface area contributed by atoms with Gasteiger partial charge in [0.2, 0.25) is 106 Å². The highest BCUT2D eigenvalue weighted by molar-refractivity contribution is 6.02. The molecule has 1 heterocycles. The number of guanidine groups is 2. The Kier molecular flexibility index (Phi) is 48.5. The number of hydrogen-bond donors (Lipinski definition) is 29. The number of carbonyl (C=O) groups is 21. The molecule has 0 aliphatic carbocycles. The van der Waals surface area contributed by atoms with Gasteiger partial charge in [0, 0.05) is 38.5 Å². The van der Waals surface area contributed by atoms with Gasteiger partial charge in [-0.25, -0.2) is 9.78 Å². The van der Waals surface area contributed by atoms with Crippen molar-refractivity contribution in [2.75, 3.05) is 32.7 Å². The molecule has 51 heteroatoms. The lowest BCUT2D eigenvalue weighted by molar-refractivity contribution is -0.143. The lowest BCUT2D eigenvalue weighted by Gasteiger charge is -2.30. The van der Waals surface area contributed by atoms with E-state index < -0.39 is 291 Å². The number of aliphatic carboxylic acids is 3. The molecule has 0 aliphatic heterocycles. The normalized spacial score (nSPS) is 14.6. The summed E-state index contributed by atoms with van der Waals surface area (Å²) in [5.74, 6) is -27.4. The summed E-state index contributed by atoms with van der Waals surface area (Å²) in [6, 6.07) is -21.5. The minimum atomic E-state index is -2.19. The quantitative estimate of drug-likeness (QED) is 0.0164. The number of amides is 18. The van der Waals surface area contributed by atoms with Crippen LogP contribution in [0.1, 0.15) is 158 Å². The number of primary amides is 3. The van der Waals surface area contributed by atoms with E-state index >= 15 is 0 Å². The molecule has 0 saturated carbocycles. The van der Waals surface area contributed by atoms with Crippen LogP contribution >= 0.6 is 0 Å². The minimum absolute atomic E-state index is 0.00783. The maximum atomic E-state index is 14.4. The van der Waals surface area contributed by atoms with Crippen LogP contribution in [0.5, 0.6) is 0 Å². The maximum absolute atomic E-state index is 14.4. The van der Waals surface area contributed by atoms with Gasteiger partial charge in [-0.05, 0) is 75.5 Å². The van der Waals surface area contributed by atoms with E-state index in [0.717, 1.165) is 6.33 Å². The van der Waals surface area contributed by atoms with Gasteiger partial charge in [-0.3, -0.25) is 107 Å². The third kappa shape index (κ3) is 42.9. The van der Waals surface area contributed by atoms with Crippen LogP contribution in [-0.2, 0) is 107 Å². The average molecular weight is 1750 g/mol. The van der Waals surface area contributed by atoms with Gasteiger partial charge in [0.25, 0.3) is 0 Å². The number of hydrogen-bond acceptors (Lipinski definition) is 25. The first-order chi connectivity index (χ1) is 57.5. The second-order valence-corrected chi connectivity index (χ2v) is 29.6. The monoisotopic (exact) mass is 1750 g/mol. The zero-order valence-corrected chi connectivity index (χ0v) is 69.9. The van der Waals surface area contributed by atoms with Gasteiger partial charge in [-0.1, -0.05) is 68.2 Å². The highest BCUT2D eigenvalue weighted by atomic mass is 16.4. The maximum Gasteiger partial charge on any atom is 0.326 e. The van der Waals surface area contributed by atoms with E-state index in [1.54, 1.807) is 48.5 Å². The number of aromatic amines is 1. The van der Waals surface area contributed by atoms with Crippen molar-refractivity contribution in [3.05, 3.63) is 18.2 Å². The number of H-pyrrole nitrogens is 1. The Balaban J connectivity index is 3.46. The number of carboxylic acids is 3. The van der Waals surface area contributed by atoms with Crippen LogP contribution in [0, 0.1) is 34.5 Å². The van der Waals surface area contributed by atoms with Crippen LogP contribution in [0.25, 0.3) is 0 Å². The van der Waals surface area contributed by atoms with Gasteiger partial charge in [0.15, 0.2) is 11.9 Å². The van der Waals surface area contributed by atoms with Crippen molar-refractivity contribution in [1.29, 1.82) is 10.8 Å². The van der Waals surface area contributed by atoms with Crippen LogP contribution in [0.15, 0.2) is 12.5 Å². The van der Waals surface area contributed by atoms with E-state index in [1.807, 2.05) is 5.32 Å². The second-order valence-electron chi connectivity index (χ2n) is 29.6. The third-order valence-corrected chi connectivity index (χ3v) is 18.5. The van der Waals surface area contributed by atoms with Gasteiger partial charge < -0.3 is 145 Å². The van der Waals surface area contributed by atoms with Crippen LogP contribution in [0.2, 0.25) is 0 Å². The van der Waals surface area contributed by atoms with Gasteiger partial charge in [0.05, 0.1) is 50.9 Å². The molecule has 0 saturated heterocycles. The van der Waals surface area contributed by atoms with Crippen LogP contribution in [0.3, 0.4) is 0 Å². The molecule has 15 atom stereocenters. The molecule has 0 aliphatic rings. The molecule has 0 fully saturated rings. The van der Waals surface area contributed by atoms with Gasteiger partial charge in [0.1, 0.15) is 78.5 Å². The van der Waals surface area contributed by atoms with Crippen molar-refractivity contribution < 1.29 is 116 Å². The molecular formula is C72H121N27O24. The minimum Gasteiger partial charge on any atom is -0.481 e. The SMILES string of the molecule is CC[C@H](C)[C@H](NC(=O)[C@H](C)NC(=O)[C@H](CC(C)C)NC(=O)[C@H](CCC(N)=O)NC(=O)[C@H](CCCNC(=N)N)NC(=O)CNC(=O)[C@@H](NC(=O)[C@H](CCC(N)=O)NC(=O)CN)C(C)C)C(=O)N[C@H](C(=O)NCC(=O)N[C@@H](CC(=O)O)C(=O)N[C@@H](CC(=O)O)C(=O)N[C@@H](Cc1c[nH]cn1)C(=O)N[C@@H](CC(N)=O)C(=O)N[C@@H](CCCNC(=N)N)C(=O)O)[C@@H](C)CC. The molecule has 0 bridgehead atoms. The van der Waals surface area contributed by atoms with E-state index in [0.29, 0.717) is 0 Å². The molecule has 0 spiro atoms. The summed E-state index contributed by atoms with van der Waals surface area (Å²) >= 11 is 0. The summed E-state index contributed by atoms with van der Waals surface area (Å²) in [6.07, 6.45) is -3.20. The second kappa shape index (κ2) is 55.4. The molecule has 688 valence electrons. The summed E-state index contributed by atoms with van der Waals surface area (Å²) in [6.45, 7) is 11.7. The van der Waals surface area contributed by atoms with E-state index in [9.17, 15) is 116 Å². The fourth-order valence-corrected chi connectivity index (χ4v) is 11.4. The van der Waals surface area contributed by atoms with Gasteiger partial charge in [-0.15, -0.1) is 0 Å². The first-order valence-electron chi connectivity index (χ1n) is 39.4. The van der Waals surface area contributed by atoms with Gasteiger partial charge >= 0.3 is 17.9 Å². The predicted molar refractivity (Wildman–Crippen MR) is 432 cm³/mol. The Morgan fingerprint density at radius 2 is 0.764 bits per heavy atom. The summed E-state index contributed by atoms with van der Waals surface area (Å²) in [5, 5.41) is 84.5. The van der Waals surface area contributed by atoms with E-state index in [-0.39, 0.29) is 82.5 Å². The van der Waals surface area contributed by atoms with Gasteiger partial charge in [-0.2, -0.15) is 0 Å². The Bertz CT molecular complexity index is 3880. The number of carbonyl (C=O) groups excluding carboxylic acids is 18. The number of imidazole rings is 1. The molecule has 0 radical (unpaired) electrons. The first-order valence-corrected chi connectivity index (χ1v) is 39.4. The number of nitrogens with one attached hydrogen (secondary N) is 20. The summed E-state index contributed by atoms with van der Waals surface area (Å²) in [7, 11) is 0. The topological polar surface area (TPSA) is 856 Å². The van der Waals surface area contributed by atoms with Crippen molar-refractivity contribution in [3.63, 3.8) is 0 Å². The molecule has 0 unspecified atom stereocenters. The molecule has 35 N–H and O–H groups in total. The predicted octanol–water partition coefficient (Wildman–Crippen LogP) is -10.8. The highest BCUT2D eigenvalue weighted by Gasteiger charge is 2.39. The molecule has 1 aromatic rings. The van der Waals surface area contributed by atoms with Crippen molar-refractivity contribution in [3.8, 4) is 0 Å². The fourth-order valence-electron chi connectivity index (χ4n) is 11.4. The number of rotatable bonds is 60. The standard InChI is InChI=1S/C72H121N27O24/c1-10-34(7)56(68(120)85-30-52(105)90-45(25-53(106)107)65(117)96-46(26-54(108)109)66(118)94-43(23-37-28-81-31-86-37)63(115)95-44(24-49(76)102)64(116)92-41(70(122)123)15-13-21-83-72(79)80)99-69(121)57(35(8)11-2)98-58(110)36(9)87-62(114)42(22-32(3)4)93-60(112)40(17-19-48(75)101)91-59(111)38(14-12-20-82-71(77)78)89-51(104)29-84-67(119)55(33(5)6)97-61(113)39(16-18-47(74)100)88-50(103)27-73/h28,31-36,38-46,55-57H,10-27,29-30,73H2,1-9H3,(H2,74,100)(H2,75,101)(H2,76,102)(H,81,86)(H,84,119)(H,85,120)(H,87,114)(H,88,103)(H,89,104)(H,90,105)(H,91,111)(H,92,116)(H,93,112)(H,94,118)(H,95,115)(H,96,117)(H,97,113)(H,98,110)(H,99,121)(H,106,107)(H,108,109)(H,122,123)(H4,77,78,82)(H4,79,80,83)/t34-,35-,36-,38-,39-,40-,41-,42-,43-,44-,45-,46-,55-,56-,57-/m0/s1. The van der Waals surface area contributed by atoms with E-state index in [2.05, 4.69) is 95.0 Å². The lowest BCUT2D eigenvalue weighted by atomic mass is 9.94. The van der Waals surface area contributed by atoms with Crippen molar-refractivity contribution in [2.45, 2.75) is 237 Å². The van der Waals surface area contributed by atoms with E-state index in [1.165, 1.54) is 20.0 Å². The zero-order chi connectivity index (χ0) is 93.7. The molecular weight excluding hydrogens is 1630 g/mol. The number of aromatic nitrogens is 2. The van der Waals surface area contributed by atoms with Crippen LogP contribution in [-0.4, -0.2) is 273 Å². The van der Waals surface area contributed by atoms with E-state index in [4.69, 9.17) is 45.2 Å². The highest BCUT2D eigenvalue weighted by Crippen LogP contribution is 2.16. The lowest BCUT2D eigenvalue weighted by Crippen LogP contribution is -2.61. The summed E-state index contributed by atoms with van der Waals surface area (Å²) < 4.78 is 0. The molecule has 0 aromatic carbocycles. The average Bonchev–Trinajstić information content (AvgIpc) is 1.84. The first kappa shape index (κ1) is 108. The third-order valence-electron chi connectivity index (χ3n) is 18.5. The Morgan fingerprint density at radius 1 is 0.398 bits per heavy atom. The van der Waals surface area contributed by atoms with Crippen molar-refractivity contribution in [1.82, 2.24) is 100 Å². The molecule has 1 aromatic heterocycles. The number of carboxylic acid groups (broad SMARTS) is 3. The molecule has 1 rings (SSSR count).